The summed E-state index contributed by atoms with van der Waals surface area (Å²) in [6.07, 6.45) is 0. The van der Waals surface area contributed by atoms with Gasteiger partial charge in [0.05, 0.1) is 10.7 Å². The second-order valence-electron chi connectivity index (χ2n) is 5.18. The molecule has 2 aromatic carbocycles. The molecule has 1 aromatic heterocycles. The first-order valence-electron chi connectivity index (χ1n) is 7.14. The molecule has 0 aliphatic rings. The highest BCUT2D eigenvalue weighted by Gasteiger charge is 2.10. The van der Waals surface area contributed by atoms with Gasteiger partial charge in [0, 0.05) is 26.2 Å². The molecule has 0 aliphatic carbocycles. The molecular weight excluding hydrogens is 372 g/mol. The van der Waals surface area contributed by atoms with Crippen molar-refractivity contribution in [1.82, 2.24) is 4.98 Å². The molecule has 0 aliphatic heterocycles. The smallest absolute Gasteiger partial charge is 0.255 e. The Hall–Kier alpha value is -1.98. The third-order valence-electron chi connectivity index (χ3n) is 3.43. The highest BCUT2D eigenvalue weighted by Crippen LogP contribution is 2.27. The molecule has 1 heterocycles. The molecule has 0 atom stereocenters. The lowest BCUT2D eigenvalue weighted by atomic mass is 10.1. The van der Waals surface area contributed by atoms with Crippen molar-refractivity contribution in [3.8, 4) is 11.3 Å². The number of carbonyl (C=O) groups excluding carboxylic acids is 1. The summed E-state index contributed by atoms with van der Waals surface area (Å²) in [7, 11) is 0. The number of nitrogens with one attached hydrogen (secondary N) is 1. The van der Waals surface area contributed by atoms with E-state index in [0.29, 0.717) is 5.56 Å². The summed E-state index contributed by atoms with van der Waals surface area (Å²) < 4.78 is 0.980. The molecule has 0 radical (unpaired) electrons. The lowest BCUT2D eigenvalue weighted by molar-refractivity contribution is 0.102. The number of nitrogens with zero attached hydrogens (tertiary/aromatic N) is 1. The van der Waals surface area contributed by atoms with E-state index in [-0.39, 0.29) is 5.91 Å². The quantitative estimate of drug-likeness (QED) is 0.650. The molecule has 0 saturated heterocycles. The molecule has 0 saturated carbocycles. The van der Waals surface area contributed by atoms with Gasteiger partial charge in [-0.2, -0.15) is 0 Å². The average molecular weight is 387 g/mol. The number of hydrogen-bond acceptors (Lipinski definition) is 3. The lowest BCUT2D eigenvalue weighted by Crippen LogP contribution is -2.11. The van der Waals surface area contributed by atoms with Gasteiger partial charge in [-0.05, 0) is 50.2 Å². The van der Waals surface area contributed by atoms with Crippen LogP contribution < -0.4 is 5.32 Å². The number of halogens is 1. The summed E-state index contributed by atoms with van der Waals surface area (Å²) in [6, 6.07) is 15.1. The van der Waals surface area contributed by atoms with Crippen LogP contribution in [0, 0.1) is 13.8 Å². The Labute approximate surface area is 147 Å². The zero-order valence-electron chi connectivity index (χ0n) is 12.8. The summed E-state index contributed by atoms with van der Waals surface area (Å²) in [6.45, 7) is 4.06. The number of benzene rings is 2. The third-order valence-corrected chi connectivity index (χ3v) is 4.84. The van der Waals surface area contributed by atoms with E-state index in [4.69, 9.17) is 0 Å². The molecule has 0 unspecified atom stereocenters. The first kappa shape index (κ1) is 15.9. The average Bonchev–Trinajstić information content (AvgIpc) is 2.88. The van der Waals surface area contributed by atoms with Crippen molar-refractivity contribution >= 4 is 38.9 Å². The molecule has 116 valence electrons. The van der Waals surface area contributed by atoms with Crippen molar-refractivity contribution in [1.29, 1.82) is 0 Å². The maximum absolute atomic E-state index is 12.3. The second-order valence-corrected chi connectivity index (χ2v) is 7.50. The van der Waals surface area contributed by atoms with E-state index in [1.807, 2.05) is 55.5 Å². The molecule has 23 heavy (non-hydrogen) atoms. The van der Waals surface area contributed by atoms with Crippen LogP contribution in [0.1, 0.15) is 20.2 Å². The van der Waals surface area contributed by atoms with Crippen molar-refractivity contribution in [2.24, 2.45) is 0 Å². The van der Waals surface area contributed by atoms with Gasteiger partial charge in [-0.15, -0.1) is 11.3 Å². The summed E-state index contributed by atoms with van der Waals surface area (Å²) in [4.78, 5) is 18.0. The van der Waals surface area contributed by atoms with Gasteiger partial charge in [-0.25, -0.2) is 4.98 Å². The highest BCUT2D eigenvalue weighted by molar-refractivity contribution is 9.10. The molecule has 1 N–H and O–H groups in total. The predicted molar refractivity (Wildman–Crippen MR) is 99.1 cm³/mol. The fourth-order valence-corrected chi connectivity index (χ4v) is 3.42. The Morgan fingerprint density at radius 2 is 1.70 bits per heavy atom. The van der Waals surface area contributed by atoms with Crippen molar-refractivity contribution in [2.45, 2.75) is 13.8 Å². The van der Waals surface area contributed by atoms with Gasteiger partial charge in [0.25, 0.3) is 5.91 Å². The van der Waals surface area contributed by atoms with Crippen LogP contribution in [0.25, 0.3) is 11.3 Å². The van der Waals surface area contributed by atoms with Crippen molar-refractivity contribution in [3.63, 3.8) is 0 Å². The van der Waals surface area contributed by atoms with Crippen molar-refractivity contribution < 1.29 is 4.79 Å². The monoisotopic (exact) mass is 386 g/mol. The molecule has 3 aromatic rings. The largest absolute Gasteiger partial charge is 0.322 e. The third kappa shape index (κ3) is 3.68. The fraction of sp³-hybridized carbons (Fsp3) is 0.111. The summed E-state index contributed by atoms with van der Waals surface area (Å²) in [5, 5.41) is 3.94. The van der Waals surface area contributed by atoms with Crippen molar-refractivity contribution in [3.05, 3.63) is 68.5 Å². The van der Waals surface area contributed by atoms with E-state index in [2.05, 4.69) is 33.2 Å². The minimum absolute atomic E-state index is 0.120. The van der Waals surface area contributed by atoms with E-state index in [9.17, 15) is 4.79 Å². The van der Waals surface area contributed by atoms with Crippen LogP contribution in [0.5, 0.6) is 0 Å². The number of carbonyl (C=O) groups is 1. The van der Waals surface area contributed by atoms with Crippen LogP contribution in [-0.2, 0) is 0 Å². The summed E-state index contributed by atoms with van der Waals surface area (Å²) in [5.74, 6) is -0.120. The fourth-order valence-electron chi connectivity index (χ4n) is 2.31. The van der Waals surface area contributed by atoms with Gasteiger partial charge in [-0.1, -0.05) is 28.1 Å². The zero-order valence-corrected chi connectivity index (χ0v) is 15.2. The minimum atomic E-state index is -0.120. The van der Waals surface area contributed by atoms with Crippen LogP contribution >= 0.6 is 27.3 Å². The number of anilines is 1. The number of rotatable bonds is 3. The van der Waals surface area contributed by atoms with Gasteiger partial charge >= 0.3 is 0 Å². The van der Waals surface area contributed by atoms with Gasteiger partial charge < -0.3 is 5.32 Å². The summed E-state index contributed by atoms with van der Waals surface area (Å²) >= 11 is 5.06. The van der Waals surface area contributed by atoms with Crippen LogP contribution in [-0.4, -0.2) is 10.9 Å². The number of aromatic nitrogens is 1. The van der Waals surface area contributed by atoms with Crippen LogP contribution in [0.2, 0.25) is 0 Å². The minimum Gasteiger partial charge on any atom is -0.322 e. The molecule has 1 amide bonds. The van der Waals surface area contributed by atoms with Crippen LogP contribution in [0.4, 0.5) is 5.69 Å². The predicted octanol–water partition coefficient (Wildman–Crippen LogP) is 5.44. The van der Waals surface area contributed by atoms with Gasteiger partial charge in [0.2, 0.25) is 0 Å². The summed E-state index contributed by atoms with van der Waals surface area (Å²) in [5.41, 5.74) is 3.42. The first-order valence-corrected chi connectivity index (χ1v) is 8.75. The maximum atomic E-state index is 12.3. The van der Waals surface area contributed by atoms with Crippen LogP contribution in [0.3, 0.4) is 0 Å². The number of amides is 1. The topological polar surface area (TPSA) is 42.0 Å². The van der Waals surface area contributed by atoms with Gasteiger partial charge in [0.1, 0.15) is 0 Å². The lowest BCUT2D eigenvalue weighted by Gasteiger charge is -2.06. The number of aryl methyl sites for hydroxylation is 2. The normalized spacial score (nSPS) is 10.6. The molecular formula is C18H15BrN2OS. The second kappa shape index (κ2) is 6.64. The van der Waals surface area contributed by atoms with Gasteiger partial charge in [-0.3, -0.25) is 4.79 Å². The SMILES string of the molecule is Cc1nc(-c2ccc(C(=O)Nc3ccc(Br)cc3)cc2)c(C)s1. The zero-order chi connectivity index (χ0) is 16.4. The van der Waals surface area contributed by atoms with E-state index in [1.165, 1.54) is 4.88 Å². The van der Waals surface area contributed by atoms with E-state index in [1.54, 1.807) is 11.3 Å². The number of thiazole rings is 1. The molecule has 3 nitrogen and oxygen atoms in total. The molecule has 5 heteroatoms. The molecule has 0 bridgehead atoms. The Morgan fingerprint density at radius 1 is 1.04 bits per heavy atom. The molecule has 0 spiro atoms. The number of hydrogen-bond donors (Lipinski definition) is 1. The standard InChI is InChI=1S/C18H15BrN2OS/c1-11-17(20-12(2)23-11)13-3-5-14(6-4-13)18(22)21-16-9-7-15(19)8-10-16/h3-10H,1-2H3,(H,21,22). The Balaban J connectivity index is 1.77. The Bertz CT molecular complexity index is 838. The Kier molecular flexibility index (Phi) is 4.59. The van der Waals surface area contributed by atoms with Crippen LogP contribution in [0.15, 0.2) is 53.0 Å². The molecule has 3 rings (SSSR count). The first-order chi connectivity index (χ1) is 11.0. The van der Waals surface area contributed by atoms with E-state index < -0.39 is 0 Å². The van der Waals surface area contributed by atoms with Gasteiger partial charge in [0.15, 0.2) is 0 Å². The van der Waals surface area contributed by atoms with Crippen molar-refractivity contribution in [2.75, 3.05) is 5.32 Å². The maximum Gasteiger partial charge on any atom is 0.255 e. The molecule has 0 fully saturated rings. The van der Waals surface area contributed by atoms with E-state index in [0.717, 1.165) is 26.4 Å². The highest BCUT2D eigenvalue weighted by atomic mass is 79.9. The van der Waals surface area contributed by atoms with E-state index >= 15 is 0 Å². The Morgan fingerprint density at radius 3 is 2.26 bits per heavy atom.